The maximum atomic E-state index is 12.9. The number of rotatable bonds is 7. The third-order valence-corrected chi connectivity index (χ3v) is 5.79. The first-order valence-electron chi connectivity index (χ1n) is 11.1. The second kappa shape index (κ2) is 9.35. The largest absolute Gasteiger partial charge is 0.433 e. The van der Waals surface area contributed by atoms with Gasteiger partial charge < -0.3 is 11.1 Å². The molecule has 0 aliphatic carbocycles. The number of carbonyl (C=O) groups excluding carboxylic acids is 1. The molecule has 0 aliphatic heterocycles. The van der Waals surface area contributed by atoms with Crippen LogP contribution in [0.15, 0.2) is 43.0 Å². The van der Waals surface area contributed by atoms with E-state index in [2.05, 4.69) is 25.5 Å². The summed E-state index contributed by atoms with van der Waals surface area (Å²) in [6.45, 7) is 5.78. The summed E-state index contributed by atoms with van der Waals surface area (Å²) in [7, 11) is 0. The predicted octanol–water partition coefficient (Wildman–Crippen LogP) is 4.12. The monoisotopic (exact) mass is 486 g/mol. The molecule has 9 nitrogen and oxygen atoms in total. The molecule has 4 aromatic rings. The smallest absolute Gasteiger partial charge is 0.366 e. The van der Waals surface area contributed by atoms with Crippen molar-refractivity contribution in [3.8, 4) is 11.1 Å². The summed E-state index contributed by atoms with van der Waals surface area (Å²) in [5, 5.41) is 11.5. The summed E-state index contributed by atoms with van der Waals surface area (Å²) in [6, 6.07) is 3.72. The van der Waals surface area contributed by atoms with Crippen molar-refractivity contribution in [3.05, 3.63) is 59.8 Å². The zero-order valence-corrected chi connectivity index (χ0v) is 19.4. The molecule has 4 heterocycles. The number of nitrogens with one attached hydrogen (secondary N) is 1. The lowest BCUT2D eigenvalue weighted by molar-refractivity contribution is -0.141. The van der Waals surface area contributed by atoms with Crippen molar-refractivity contribution in [2.24, 2.45) is 0 Å². The van der Waals surface area contributed by atoms with Gasteiger partial charge in [0.25, 0.3) is 5.91 Å². The number of nitrogens with zero attached hydrogens (tertiary/aromatic N) is 6. The number of anilines is 1. The second-order valence-electron chi connectivity index (χ2n) is 8.27. The zero-order chi connectivity index (χ0) is 25.3. The van der Waals surface area contributed by atoms with E-state index in [1.807, 2.05) is 20.8 Å². The summed E-state index contributed by atoms with van der Waals surface area (Å²) >= 11 is 0. The standard InChI is InChI=1S/C23H25F3N8O/c1-4-13(3)30-21(35)17-8-15(11-34-20(17)31-22(27)32-34)16-10-29-33(12-16)18(5-2)14-6-7-19(28-9-14)23(24,25)26/h6-13,18H,4-5H2,1-3H3,(H2,27,32)(H,30,35). The normalized spacial score (nSPS) is 13.7. The minimum Gasteiger partial charge on any atom is -0.366 e. The molecule has 4 aromatic heterocycles. The number of nitrogen functional groups attached to an aromatic ring is 1. The Labute approximate surface area is 199 Å². The quantitative estimate of drug-likeness (QED) is 0.406. The summed E-state index contributed by atoms with van der Waals surface area (Å²) in [5.41, 5.74) is 7.43. The van der Waals surface area contributed by atoms with Crippen LogP contribution in [0.5, 0.6) is 0 Å². The van der Waals surface area contributed by atoms with E-state index in [0.29, 0.717) is 34.3 Å². The average Bonchev–Trinajstić information content (AvgIpc) is 3.44. The van der Waals surface area contributed by atoms with Crippen molar-refractivity contribution in [2.45, 2.75) is 51.9 Å². The number of alkyl halides is 3. The third-order valence-electron chi connectivity index (χ3n) is 5.79. The van der Waals surface area contributed by atoms with E-state index in [1.54, 1.807) is 29.3 Å². The van der Waals surface area contributed by atoms with Crippen molar-refractivity contribution >= 4 is 17.5 Å². The molecular formula is C23H25F3N8O. The van der Waals surface area contributed by atoms with Gasteiger partial charge >= 0.3 is 6.18 Å². The lowest BCUT2D eigenvalue weighted by Gasteiger charge is -2.16. The number of hydrogen-bond donors (Lipinski definition) is 2. The van der Waals surface area contributed by atoms with E-state index < -0.39 is 11.9 Å². The van der Waals surface area contributed by atoms with Crippen molar-refractivity contribution < 1.29 is 18.0 Å². The number of carbonyl (C=O) groups is 1. The van der Waals surface area contributed by atoms with Gasteiger partial charge in [0.1, 0.15) is 5.69 Å². The Balaban J connectivity index is 1.69. The van der Waals surface area contributed by atoms with Crippen LogP contribution in [0, 0.1) is 0 Å². The average molecular weight is 487 g/mol. The topological polar surface area (TPSA) is 116 Å². The van der Waals surface area contributed by atoms with Crippen LogP contribution in [-0.4, -0.2) is 41.3 Å². The van der Waals surface area contributed by atoms with E-state index in [1.165, 1.54) is 16.8 Å². The highest BCUT2D eigenvalue weighted by molar-refractivity contribution is 6.01. The van der Waals surface area contributed by atoms with E-state index in [0.717, 1.165) is 12.5 Å². The first-order chi connectivity index (χ1) is 16.6. The predicted molar refractivity (Wildman–Crippen MR) is 124 cm³/mol. The molecule has 12 heteroatoms. The number of amides is 1. The fourth-order valence-corrected chi connectivity index (χ4v) is 3.73. The number of pyridine rings is 2. The molecule has 35 heavy (non-hydrogen) atoms. The Bertz CT molecular complexity index is 1340. The SMILES string of the molecule is CCC(C)NC(=O)c1cc(-c2cnn(C(CC)c3ccc(C(F)(F)F)nc3)c2)cn2nc(N)nc12. The lowest BCUT2D eigenvalue weighted by Crippen LogP contribution is -2.32. The highest BCUT2D eigenvalue weighted by Crippen LogP contribution is 2.30. The fraction of sp³-hybridized carbons (Fsp3) is 0.348. The molecule has 0 aliphatic rings. The van der Waals surface area contributed by atoms with Crippen molar-refractivity contribution in [1.29, 1.82) is 0 Å². The molecule has 0 bridgehead atoms. The molecule has 3 N–H and O–H groups in total. The zero-order valence-electron chi connectivity index (χ0n) is 19.4. The molecule has 2 unspecified atom stereocenters. The van der Waals surface area contributed by atoms with Crippen LogP contribution in [0.3, 0.4) is 0 Å². The van der Waals surface area contributed by atoms with Gasteiger partial charge in [-0.3, -0.25) is 14.5 Å². The molecule has 0 fully saturated rings. The van der Waals surface area contributed by atoms with Gasteiger partial charge in [0.2, 0.25) is 5.95 Å². The van der Waals surface area contributed by atoms with Crippen LogP contribution in [0.25, 0.3) is 16.8 Å². The Morgan fingerprint density at radius 1 is 1.14 bits per heavy atom. The first kappa shape index (κ1) is 24.2. The van der Waals surface area contributed by atoms with Crippen LogP contribution in [-0.2, 0) is 6.18 Å². The Kier molecular flexibility index (Phi) is 6.46. The number of nitrogens with two attached hydrogens (primary N) is 1. The van der Waals surface area contributed by atoms with Crippen LogP contribution in [0.2, 0.25) is 0 Å². The number of hydrogen-bond acceptors (Lipinski definition) is 6. The van der Waals surface area contributed by atoms with E-state index in [-0.39, 0.29) is 23.9 Å². The van der Waals surface area contributed by atoms with Gasteiger partial charge in [-0.2, -0.15) is 23.3 Å². The van der Waals surface area contributed by atoms with Crippen molar-refractivity contribution in [1.82, 2.24) is 34.7 Å². The van der Waals surface area contributed by atoms with Gasteiger partial charge in [-0.05, 0) is 37.5 Å². The molecule has 0 radical (unpaired) electrons. The molecule has 184 valence electrons. The third kappa shape index (κ3) is 4.96. The van der Waals surface area contributed by atoms with E-state index in [9.17, 15) is 18.0 Å². The van der Waals surface area contributed by atoms with E-state index in [4.69, 9.17) is 5.73 Å². The molecule has 1 amide bonds. The maximum absolute atomic E-state index is 12.9. The lowest BCUT2D eigenvalue weighted by atomic mass is 10.1. The molecule has 0 aromatic carbocycles. The molecule has 0 saturated carbocycles. The Hall–Kier alpha value is -3.96. The second-order valence-corrected chi connectivity index (χ2v) is 8.27. The van der Waals surface area contributed by atoms with Gasteiger partial charge in [0.15, 0.2) is 5.65 Å². The van der Waals surface area contributed by atoms with Crippen LogP contribution >= 0.6 is 0 Å². The summed E-state index contributed by atoms with van der Waals surface area (Å²) in [6.07, 6.45) is 3.15. The minimum absolute atomic E-state index is 0.0307. The highest BCUT2D eigenvalue weighted by Gasteiger charge is 2.32. The number of fused-ring (bicyclic) bond motifs is 1. The summed E-state index contributed by atoms with van der Waals surface area (Å²) < 4.78 is 41.8. The molecule has 4 rings (SSSR count). The van der Waals surface area contributed by atoms with Gasteiger partial charge in [-0.1, -0.05) is 19.9 Å². The van der Waals surface area contributed by atoms with Crippen LogP contribution in [0.1, 0.15) is 61.3 Å². The van der Waals surface area contributed by atoms with E-state index >= 15 is 0 Å². The van der Waals surface area contributed by atoms with Gasteiger partial charge in [0.05, 0.1) is 17.8 Å². The van der Waals surface area contributed by atoms with Crippen molar-refractivity contribution in [2.75, 3.05) is 5.73 Å². The summed E-state index contributed by atoms with van der Waals surface area (Å²) in [5.74, 6) is -0.260. The van der Waals surface area contributed by atoms with Crippen molar-refractivity contribution in [3.63, 3.8) is 0 Å². The highest BCUT2D eigenvalue weighted by atomic mass is 19.4. The molecule has 0 saturated heterocycles. The van der Waals surface area contributed by atoms with Crippen LogP contribution in [0.4, 0.5) is 19.1 Å². The number of aromatic nitrogens is 6. The maximum Gasteiger partial charge on any atom is 0.433 e. The van der Waals surface area contributed by atoms with Gasteiger partial charge in [-0.15, -0.1) is 5.10 Å². The minimum atomic E-state index is -4.50. The number of halogens is 3. The Morgan fingerprint density at radius 2 is 1.91 bits per heavy atom. The first-order valence-corrected chi connectivity index (χ1v) is 11.1. The summed E-state index contributed by atoms with van der Waals surface area (Å²) in [4.78, 5) is 20.7. The molecule has 0 spiro atoms. The fourth-order valence-electron chi connectivity index (χ4n) is 3.73. The molecular weight excluding hydrogens is 461 g/mol. The van der Waals surface area contributed by atoms with Gasteiger partial charge in [-0.25, -0.2) is 4.52 Å². The Morgan fingerprint density at radius 3 is 2.54 bits per heavy atom. The van der Waals surface area contributed by atoms with Gasteiger partial charge in [0, 0.05) is 35.8 Å². The molecule has 2 atom stereocenters. The van der Waals surface area contributed by atoms with Crippen LogP contribution < -0.4 is 11.1 Å².